The van der Waals surface area contributed by atoms with Gasteiger partial charge >= 0.3 is 0 Å². The molecule has 0 fully saturated rings. The number of fused-ring (bicyclic) bond motifs is 1. The van der Waals surface area contributed by atoms with Gasteiger partial charge in [-0.3, -0.25) is 4.68 Å². The summed E-state index contributed by atoms with van der Waals surface area (Å²) in [6, 6.07) is 6.31. The minimum Gasteiger partial charge on any atom is -0.354 e. The van der Waals surface area contributed by atoms with E-state index in [0.29, 0.717) is 5.95 Å². The van der Waals surface area contributed by atoms with E-state index in [1.54, 1.807) is 10.9 Å². The van der Waals surface area contributed by atoms with Crippen molar-refractivity contribution in [3.8, 4) is 0 Å². The number of anilines is 3. The summed E-state index contributed by atoms with van der Waals surface area (Å²) in [4.78, 5) is 9.23. The molecular formula is C18H24N6. The lowest BCUT2D eigenvalue weighted by atomic mass is 10.1. The molecule has 3 aromatic rings. The van der Waals surface area contributed by atoms with Crippen molar-refractivity contribution in [2.45, 2.75) is 33.6 Å². The van der Waals surface area contributed by atoms with Gasteiger partial charge in [0.05, 0.1) is 11.6 Å². The summed E-state index contributed by atoms with van der Waals surface area (Å²) >= 11 is 0. The number of rotatable bonds is 6. The SMILES string of the molecule is CCCCNc1nc(Nc2ccc(C)c(C)c2)c2cnn(C)c2n1. The summed E-state index contributed by atoms with van der Waals surface area (Å²) in [5.41, 5.74) is 4.35. The van der Waals surface area contributed by atoms with Crippen molar-refractivity contribution in [1.82, 2.24) is 19.7 Å². The highest BCUT2D eigenvalue weighted by Crippen LogP contribution is 2.25. The molecule has 0 atom stereocenters. The van der Waals surface area contributed by atoms with Gasteiger partial charge in [-0.15, -0.1) is 0 Å². The zero-order valence-corrected chi connectivity index (χ0v) is 14.7. The summed E-state index contributed by atoms with van der Waals surface area (Å²) in [5, 5.41) is 11.9. The monoisotopic (exact) mass is 324 g/mol. The second-order valence-corrected chi connectivity index (χ2v) is 6.11. The fraction of sp³-hybridized carbons (Fsp3) is 0.389. The van der Waals surface area contributed by atoms with E-state index >= 15 is 0 Å². The van der Waals surface area contributed by atoms with Gasteiger partial charge in [-0.25, -0.2) is 0 Å². The Labute approximate surface area is 142 Å². The normalized spacial score (nSPS) is 11.0. The van der Waals surface area contributed by atoms with Crippen LogP contribution in [0.5, 0.6) is 0 Å². The molecule has 0 bridgehead atoms. The zero-order valence-electron chi connectivity index (χ0n) is 14.7. The molecule has 1 aromatic carbocycles. The van der Waals surface area contributed by atoms with Crippen molar-refractivity contribution in [3.05, 3.63) is 35.5 Å². The Kier molecular flexibility index (Phi) is 4.64. The van der Waals surface area contributed by atoms with Crippen molar-refractivity contribution in [2.75, 3.05) is 17.2 Å². The third-order valence-electron chi connectivity index (χ3n) is 4.18. The molecule has 0 spiro atoms. The largest absolute Gasteiger partial charge is 0.354 e. The Hall–Kier alpha value is -2.63. The second kappa shape index (κ2) is 6.86. The average molecular weight is 324 g/mol. The summed E-state index contributed by atoms with van der Waals surface area (Å²) in [5.74, 6) is 1.40. The molecule has 6 nitrogen and oxygen atoms in total. The molecule has 0 unspecified atom stereocenters. The van der Waals surface area contributed by atoms with Crippen molar-refractivity contribution < 1.29 is 0 Å². The van der Waals surface area contributed by atoms with E-state index in [0.717, 1.165) is 41.9 Å². The summed E-state index contributed by atoms with van der Waals surface area (Å²) in [7, 11) is 1.89. The summed E-state index contributed by atoms with van der Waals surface area (Å²) < 4.78 is 1.77. The van der Waals surface area contributed by atoms with Crippen molar-refractivity contribution in [1.29, 1.82) is 0 Å². The molecule has 0 amide bonds. The Bertz CT molecular complexity index is 852. The van der Waals surface area contributed by atoms with Crippen LogP contribution >= 0.6 is 0 Å². The number of nitrogens with one attached hydrogen (secondary N) is 2. The molecular weight excluding hydrogens is 300 g/mol. The highest BCUT2D eigenvalue weighted by molar-refractivity contribution is 5.89. The maximum absolute atomic E-state index is 4.65. The van der Waals surface area contributed by atoms with Crippen LogP contribution in [0.15, 0.2) is 24.4 Å². The summed E-state index contributed by atoms with van der Waals surface area (Å²) in [6.45, 7) is 7.25. The standard InChI is InChI=1S/C18H24N6/c1-5-6-9-19-18-22-16(15-11-20-24(4)17(15)23-18)21-14-8-7-12(2)13(3)10-14/h7-8,10-11H,5-6,9H2,1-4H3,(H2,19,21,22,23). The van der Waals surface area contributed by atoms with E-state index < -0.39 is 0 Å². The number of benzene rings is 1. The Morgan fingerprint density at radius 2 is 1.96 bits per heavy atom. The number of aromatic nitrogens is 4. The first kappa shape index (κ1) is 16.2. The second-order valence-electron chi connectivity index (χ2n) is 6.11. The number of hydrogen-bond donors (Lipinski definition) is 2. The van der Waals surface area contributed by atoms with E-state index in [1.807, 2.05) is 7.05 Å². The average Bonchev–Trinajstić information content (AvgIpc) is 2.93. The third-order valence-corrected chi connectivity index (χ3v) is 4.18. The molecule has 0 aliphatic rings. The van der Waals surface area contributed by atoms with Crippen molar-refractivity contribution in [3.63, 3.8) is 0 Å². The van der Waals surface area contributed by atoms with Gasteiger partial charge in [-0.2, -0.15) is 15.1 Å². The van der Waals surface area contributed by atoms with Crippen LogP contribution in [0.25, 0.3) is 11.0 Å². The van der Waals surface area contributed by atoms with Gasteiger partial charge in [0.25, 0.3) is 0 Å². The molecule has 0 saturated heterocycles. The predicted molar refractivity (Wildman–Crippen MR) is 98.9 cm³/mol. The van der Waals surface area contributed by atoms with Gasteiger partial charge in [0.2, 0.25) is 5.95 Å². The van der Waals surface area contributed by atoms with E-state index in [1.165, 1.54) is 11.1 Å². The molecule has 0 radical (unpaired) electrons. The first-order valence-corrected chi connectivity index (χ1v) is 8.36. The molecule has 2 aromatic heterocycles. The van der Waals surface area contributed by atoms with Crippen LogP contribution in [-0.4, -0.2) is 26.3 Å². The summed E-state index contributed by atoms with van der Waals surface area (Å²) in [6.07, 6.45) is 4.02. The van der Waals surface area contributed by atoms with E-state index in [2.05, 4.69) is 64.7 Å². The van der Waals surface area contributed by atoms with Crippen LogP contribution in [-0.2, 0) is 7.05 Å². The smallest absolute Gasteiger partial charge is 0.226 e. The van der Waals surface area contributed by atoms with Crippen LogP contribution in [0.1, 0.15) is 30.9 Å². The van der Waals surface area contributed by atoms with Gasteiger partial charge in [0, 0.05) is 19.3 Å². The topological polar surface area (TPSA) is 67.7 Å². The minimum atomic E-state index is 0.630. The molecule has 2 N–H and O–H groups in total. The van der Waals surface area contributed by atoms with Crippen molar-refractivity contribution >= 4 is 28.5 Å². The Morgan fingerprint density at radius 3 is 2.71 bits per heavy atom. The van der Waals surface area contributed by atoms with Gasteiger partial charge < -0.3 is 10.6 Å². The van der Waals surface area contributed by atoms with Crippen LogP contribution in [0.3, 0.4) is 0 Å². The molecule has 2 heterocycles. The predicted octanol–water partition coefficient (Wildman–Crippen LogP) is 3.94. The minimum absolute atomic E-state index is 0.630. The lowest BCUT2D eigenvalue weighted by Crippen LogP contribution is -2.08. The quantitative estimate of drug-likeness (QED) is 0.672. The lowest BCUT2D eigenvalue weighted by Gasteiger charge is -2.11. The highest BCUT2D eigenvalue weighted by atomic mass is 15.3. The Morgan fingerprint density at radius 1 is 1.12 bits per heavy atom. The fourth-order valence-corrected chi connectivity index (χ4v) is 2.53. The van der Waals surface area contributed by atoms with Crippen LogP contribution in [0.2, 0.25) is 0 Å². The van der Waals surface area contributed by atoms with Gasteiger partial charge in [0.1, 0.15) is 5.82 Å². The molecule has 3 rings (SSSR count). The number of hydrogen-bond acceptors (Lipinski definition) is 5. The maximum Gasteiger partial charge on any atom is 0.226 e. The molecule has 0 saturated carbocycles. The van der Waals surface area contributed by atoms with Gasteiger partial charge in [-0.1, -0.05) is 19.4 Å². The Balaban J connectivity index is 1.96. The maximum atomic E-state index is 4.65. The van der Waals surface area contributed by atoms with E-state index in [-0.39, 0.29) is 0 Å². The third kappa shape index (κ3) is 3.32. The lowest BCUT2D eigenvalue weighted by molar-refractivity contribution is 0.783. The molecule has 0 aliphatic heterocycles. The van der Waals surface area contributed by atoms with Crippen LogP contribution in [0, 0.1) is 13.8 Å². The van der Waals surface area contributed by atoms with Gasteiger partial charge in [0.15, 0.2) is 5.65 Å². The first-order chi connectivity index (χ1) is 11.6. The van der Waals surface area contributed by atoms with Crippen molar-refractivity contribution in [2.24, 2.45) is 7.05 Å². The highest BCUT2D eigenvalue weighted by Gasteiger charge is 2.12. The van der Waals surface area contributed by atoms with E-state index in [4.69, 9.17) is 0 Å². The zero-order chi connectivity index (χ0) is 17.1. The van der Waals surface area contributed by atoms with Crippen LogP contribution in [0.4, 0.5) is 17.5 Å². The molecule has 0 aliphatic carbocycles. The fourth-order valence-electron chi connectivity index (χ4n) is 2.53. The molecule has 6 heteroatoms. The number of nitrogens with zero attached hydrogens (tertiary/aromatic N) is 4. The molecule has 126 valence electrons. The first-order valence-electron chi connectivity index (χ1n) is 8.36. The molecule has 24 heavy (non-hydrogen) atoms. The van der Waals surface area contributed by atoms with Gasteiger partial charge in [-0.05, 0) is 43.5 Å². The van der Waals surface area contributed by atoms with E-state index in [9.17, 15) is 0 Å². The van der Waals surface area contributed by atoms with Crippen LogP contribution < -0.4 is 10.6 Å². The number of unbranched alkanes of at least 4 members (excludes halogenated alkanes) is 1. The number of aryl methyl sites for hydroxylation is 3.